The lowest BCUT2D eigenvalue weighted by atomic mass is 9.92. The quantitative estimate of drug-likeness (QED) is 0.481. The summed E-state index contributed by atoms with van der Waals surface area (Å²) in [5.74, 6) is -0.429. The standard InChI is InChI=1S/C27H30FN3O3/c1-27(2,17-29)18-31(26(33)21-9-5-10-22(28)14-21)16-19-7-4-11-23(13-19)30-25(32)20-8-6-12-24(15-20)34-3/h4-15H,16-18,29H2,1-3H3,(H,30,32). The zero-order valence-corrected chi connectivity index (χ0v) is 19.7. The Morgan fingerprint density at radius 3 is 2.41 bits per heavy atom. The van der Waals surface area contributed by atoms with Crippen LogP contribution in [0.4, 0.5) is 10.1 Å². The Bertz CT molecular complexity index is 1160. The van der Waals surface area contributed by atoms with Crippen molar-refractivity contribution in [2.75, 3.05) is 25.5 Å². The van der Waals surface area contributed by atoms with Crippen molar-refractivity contribution in [2.45, 2.75) is 20.4 Å². The van der Waals surface area contributed by atoms with Crippen LogP contribution in [0, 0.1) is 11.2 Å². The number of halogens is 1. The van der Waals surface area contributed by atoms with Crippen LogP contribution in [0.5, 0.6) is 5.75 Å². The van der Waals surface area contributed by atoms with Gasteiger partial charge in [-0.3, -0.25) is 9.59 Å². The normalized spacial score (nSPS) is 11.1. The maximum absolute atomic E-state index is 13.7. The van der Waals surface area contributed by atoms with Crippen molar-refractivity contribution in [1.29, 1.82) is 0 Å². The van der Waals surface area contributed by atoms with Gasteiger partial charge in [0.05, 0.1) is 7.11 Å². The molecule has 3 rings (SSSR count). The minimum atomic E-state index is -0.467. The van der Waals surface area contributed by atoms with Gasteiger partial charge < -0.3 is 20.7 Å². The van der Waals surface area contributed by atoms with Crippen molar-refractivity contribution in [3.63, 3.8) is 0 Å². The van der Waals surface area contributed by atoms with Crippen molar-refractivity contribution in [1.82, 2.24) is 4.90 Å². The number of amides is 2. The molecule has 0 radical (unpaired) electrons. The molecule has 0 fully saturated rings. The summed E-state index contributed by atoms with van der Waals surface area (Å²) in [7, 11) is 1.54. The first-order chi connectivity index (χ1) is 16.2. The smallest absolute Gasteiger partial charge is 0.255 e. The topological polar surface area (TPSA) is 84.7 Å². The van der Waals surface area contributed by atoms with Crippen molar-refractivity contribution in [3.05, 3.63) is 95.3 Å². The molecule has 0 bridgehead atoms. The molecular formula is C27H30FN3O3. The molecule has 7 heteroatoms. The molecular weight excluding hydrogens is 433 g/mol. The lowest BCUT2D eigenvalue weighted by molar-refractivity contribution is 0.0672. The van der Waals surface area contributed by atoms with Gasteiger partial charge in [-0.25, -0.2) is 4.39 Å². The fraction of sp³-hybridized carbons (Fsp3) is 0.259. The number of nitrogens with one attached hydrogen (secondary N) is 1. The Labute approximate surface area is 199 Å². The highest BCUT2D eigenvalue weighted by atomic mass is 19.1. The van der Waals surface area contributed by atoms with Gasteiger partial charge in [0.2, 0.25) is 0 Å². The van der Waals surface area contributed by atoms with Gasteiger partial charge in [-0.1, -0.05) is 38.1 Å². The average Bonchev–Trinajstić information content (AvgIpc) is 2.83. The summed E-state index contributed by atoms with van der Waals surface area (Å²) in [4.78, 5) is 27.6. The van der Waals surface area contributed by atoms with Gasteiger partial charge in [-0.05, 0) is 66.1 Å². The molecule has 6 nitrogen and oxygen atoms in total. The number of carbonyl (C=O) groups is 2. The third-order valence-corrected chi connectivity index (χ3v) is 5.42. The van der Waals surface area contributed by atoms with Crippen molar-refractivity contribution >= 4 is 17.5 Å². The molecule has 0 heterocycles. The van der Waals surface area contributed by atoms with E-state index < -0.39 is 5.82 Å². The summed E-state index contributed by atoms with van der Waals surface area (Å²) >= 11 is 0. The number of hydrogen-bond acceptors (Lipinski definition) is 4. The monoisotopic (exact) mass is 463 g/mol. The summed E-state index contributed by atoms with van der Waals surface area (Å²) < 4.78 is 18.9. The molecule has 0 saturated carbocycles. The second-order valence-electron chi connectivity index (χ2n) is 8.93. The van der Waals surface area contributed by atoms with Crippen LogP contribution in [0.3, 0.4) is 0 Å². The van der Waals surface area contributed by atoms with Crippen LogP contribution < -0.4 is 15.8 Å². The number of hydrogen-bond donors (Lipinski definition) is 2. The zero-order valence-electron chi connectivity index (χ0n) is 19.7. The van der Waals surface area contributed by atoms with Crippen LogP contribution in [0.25, 0.3) is 0 Å². The molecule has 3 aromatic rings. The van der Waals surface area contributed by atoms with Gasteiger partial charge >= 0.3 is 0 Å². The fourth-order valence-electron chi connectivity index (χ4n) is 3.52. The molecule has 0 aliphatic heterocycles. The van der Waals surface area contributed by atoms with Gasteiger partial charge in [-0.15, -0.1) is 0 Å². The van der Waals surface area contributed by atoms with Gasteiger partial charge in [-0.2, -0.15) is 0 Å². The number of nitrogens with zero attached hydrogens (tertiary/aromatic N) is 1. The molecule has 2 amide bonds. The summed E-state index contributed by atoms with van der Waals surface area (Å²) in [5, 5.41) is 2.88. The zero-order chi connectivity index (χ0) is 24.7. The minimum Gasteiger partial charge on any atom is -0.497 e. The number of carbonyl (C=O) groups excluding carboxylic acids is 2. The molecule has 0 saturated heterocycles. The number of rotatable bonds is 9. The Kier molecular flexibility index (Phi) is 8.02. The molecule has 0 spiro atoms. The maximum Gasteiger partial charge on any atom is 0.255 e. The number of nitrogens with two attached hydrogens (primary N) is 1. The molecule has 3 N–H and O–H groups in total. The van der Waals surface area contributed by atoms with E-state index in [1.54, 1.807) is 48.4 Å². The highest BCUT2D eigenvalue weighted by Crippen LogP contribution is 2.22. The van der Waals surface area contributed by atoms with E-state index in [-0.39, 0.29) is 29.3 Å². The van der Waals surface area contributed by atoms with Crippen LogP contribution >= 0.6 is 0 Å². The van der Waals surface area contributed by atoms with Gasteiger partial charge in [0, 0.05) is 29.9 Å². The lowest BCUT2D eigenvalue weighted by Crippen LogP contribution is -2.41. The van der Waals surface area contributed by atoms with E-state index in [9.17, 15) is 14.0 Å². The van der Waals surface area contributed by atoms with E-state index in [0.29, 0.717) is 30.1 Å². The lowest BCUT2D eigenvalue weighted by Gasteiger charge is -2.32. The van der Waals surface area contributed by atoms with Crippen molar-refractivity contribution in [3.8, 4) is 5.75 Å². The largest absolute Gasteiger partial charge is 0.497 e. The molecule has 0 atom stereocenters. The van der Waals surface area contributed by atoms with Crippen LogP contribution in [0.2, 0.25) is 0 Å². The van der Waals surface area contributed by atoms with Gasteiger partial charge in [0.25, 0.3) is 11.8 Å². The predicted molar refractivity (Wildman–Crippen MR) is 131 cm³/mol. The SMILES string of the molecule is COc1cccc(C(=O)Nc2cccc(CN(CC(C)(C)CN)C(=O)c3cccc(F)c3)c2)c1. The molecule has 0 aromatic heterocycles. The van der Waals surface area contributed by atoms with Crippen molar-refractivity contribution < 1.29 is 18.7 Å². The van der Waals surface area contributed by atoms with E-state index >= 15 is 0 Å². The van der Waals surface area contributed by atoms with E-state index in [1.165, 1.54) is 18.2 Å². The first kappa shape index (κ1) is 24.9. The molecule has 0 aliphatic rings. The Hall–Kier alpha value is -3.71. The third kappa shape index (κ3) is 6.65. The molecule has 34 heavy (non-hydrogen) atoms. The van der Waals surface area contributed by atoms with E-state index in [0.717, 1.165) is 5.56 Å². The Morgan fingerprint density at radius 2 is 1.71 bits per heavy atom. The molecule has 0 unspecified atom stereocenters. The van der Waals surface area contributed by atoms with Crippen LogP contribution in [-0.2, 0) is 6.54 Å². The first-order valence-electron chi connectivity index (χ1n) is 11.0. The summed E-state index contributed by atoms with van der Waals surface area (Å²) in [6.07, 6.45) is 0. The fourth-order valence-corrected chi connectivity index (χ4v) is 3.52. The van der Waals surface area contributed by atoms with Crippen molar-refractivity contribution in [2.24, 2.45) is 11.1 Å². The number of benzene rings is 3. The van der Waals surface area contributed by atoms with Crippen LogP contribution in [-0.4, -0.2) is 36.9 Å². The minimum absolute atomic E-state index is 0.270. The highest BCUT2D eigenvalue weighted by Gasteiger charge is 2.25. The van der Waals surface area contributed by atoms with E-state index in [2.05, 4.69) is 5.32 Å². The Morgan fingerprint density at radius 1 is 1.00 bits per heavy atom. The molecule has 3 aromatic carbocycles. The van der Waals surface area contributed by atoms with Gasteiger partial charge in [0.1, 0.15) is 11.6 Å². The second-order valence-corrected chi connectivity index (χ2v) is 8.93. The highest BCUT2D eigenvalue weighted by molar-refractivity contribution is 6.04. The number of methoxy groups -OCH3 is 1. The summed E-state index contributed by atoms with van der Waals surface area (Å²) in [5.41, 5.74) is 7.74. The van der Waals surface area contributed by atoms with E-state index in [4.69, 9.17) is 10.5 Å². The second kappa shape index (κ2) is 10.9. The molecule has 0 aliphatic carbocycles. The number of ether oxygens (including phenoxy) is 1. The molecule has 178 valence electrons. The summed E-state index contributed by atoms with van der Waals surface area (Å²) in [6.45, 7) is 5.00. The van der Waals surface area contributed by atoms with E-state index in [1.807, 2.05) is 32.0 Å². The maximum atomic E-state index is 13.7. The van der Waals surface area contributed by atoms with Gasteiger partial charge in [0.15, 0.2) is 0 Å². The average molecular weight is 464 g/mol. The summed E-state index contributed by atoms with van der Waals surface area (Å²) in [6, 6.07) is 19.8. The van der Waals surface area contributed by atoms with Crippen LogP contribution in [0.1, 0.15) is 40.1 Å². The predicted octanol–water partition coefficient (Wildman–Crippen LogP) is 4.71. The van der Waals surface area contributed by atoms with Crippen LogP contribution in [0.15, 0.2) is 72.8 Å². The Balaban J connectivity index is 1.81. The number of anilines is 1. The third-order valence-electron chi connectivity index (χ3n) is 5.42. The first-order valence-corrected chi connectivity index (χ1v) is 11.0.